The Bertz CT molecular complexity index is 381. The number of benzene rings is 1. The smallest absolute Gasteiger partial charge is 0.0477 e. The van der Waals surface area contributed by atoms with Crippen LogP contribution in [0.15, 0.2) is 23.1 Å². The molecule has 2 nitrogen and oxygen atoms in total. The maximum atomic E-state index is 5.31. The van der Waals surface area contributed by atoms with Gasteiger partial charge in [-0.2, -0.15) is 0 Å². The van der Waals surface area contributed by atoms with Gasteiger partial charge in [-0.1, -0.05) is 6.07 Å². The van der Waals surface area contributed by atoms with Crippen molar-refractivity contribution in [2.24, 2.45) is 0 Å². The van der Waals surface area contributed by atoms with Crippen molar-refractivity contribution < 1.29 is 4.74 Å². The minimum atomic E-state index is 0.828. The fourth-order valence-electron chi connectivity index (χ4n) is 2.45. The van der Waals surface area contributed by atoms with Crippen molar-refractivity contribution in [3.8, 4) is 0 Å². The Balaban J connectivity index is 1.56. The molecule has 1 aliphatic carbocycles. The SMILES string of the molecule is CCOCCCNCCSc1ccc2c(c1)CCC2. The normalized spacial score (nSPS) is 13.7. The van der Waals surface area contributed by atoms with Gasteiger partial charge in [0.25, 0.3) is 0 Å². The van der Waals surface area contributed by atoms with Crippen LogP contribution in [0.3, 0.4) is 0 Å². The molecule has 1 aliphatic rings. The van der Waals surface area contributed by atoms with E-state index in [1.807, 2.05) is 18.7 Å². The van der Waals surface area contributed by atoms with Crippen molar-refractivity contribution in [2.75, 3.05) is 32.1 Å². The summed E-state index contributed by atoms with van der Waals surface area (Å²) >= 11 is 1.96. The summed E-state index contributed by atoms with van der Waals surface area (Å²) in [6, 6.07) is 6.99. The molecule has 0 radical (unpaired) electrons. The molecule has 0 bridgehead atoms. The monoisotopic (exact) mass is 279 g/mol. The van der Waals surface area contributed by atoms with Gasteiger partial charge in [-0.25, -0.2) is 0 Å². The lowest BCUT2D eigenvalue weighted by atomic mass is 10.1. The van der Waals surface area contributed by atoms with Crippen LogP contribution >= 0.6 is 11.8 Å². The molecule has 1 aromatic carbocycles. The fraction of sp³-hybridized carbons (Fsp3) is 0.625. The van der Waals surface area contributed by atoms with Crippen LogP contribution in [0.4, 0.5) is 0 Å². The highest BCUT2D eigenvalue weighted by molar-refractivity contribution is 7.99. The van der Waals surface area contributed by atoms with Crippen molar-refractivity contribution in [1.82, 2.24) is 5.32 Å². The number of thioether (sulfide) groups is 1. The van der Waals surface area contributed by atoms with Gasteiger partial charge in [-0.3, -0.25) is 0 Å². The fourth-order valence-corrected chi connectivity index (χ4v) is 3.32. The van der Waals surface area contributed by atoms with Crippen LogP contribution in [0.25, 0.3) is 0 Å². The topological polar surface area (TPSA) is 21.3 Å². The Morgan fingerprint density at radius 2 is 2.11 bits per heavy atom. The van der Waals surface area contributed by atoms with Gasteiger partial charge in [0.05, 0.1) is 0 Å². The van der Waals surface area contributed by atoms with Crippen molar-refractivity contribution in [1.29, 1.82) is 0 Å². The molecule has 3 heteroatoms. The molecule has 19 heavy (non-hydrogen) atoms. The zero-order valence-electron chi connectivity index (χ0n) is 11.9. The highest BCUT2D eigenvalue weighted by atomic mass is 32.2. The van der Waals surface area contributed by atoms with E-state index in [1.165, 1.54) is 24.2 Å². The van der Waals surface area contributed by atoms with E-state index in [2.05, 4.69) is 23.5 Å². The van der Waals surface area contributed by atoms with Crippen LogP contribution < -0.4 is 5.32 Å². The van der Waals surface area contributed by atoms with Crippen LogP contribution in [0, 0.1) is 0 Å². The largest absolute Gasteiger partial charge is 0.382 e. The third-order valence-electron chi connectivity index (χ3n) is 3.46. The van der Waals surface area contributed by atoms with E-state index in [4.69, 9.17) is 4.74 Å². The van der Waals surface area contributed by atoms with Gasteiger partial charge in [0.2, 0.25) is 0 Å². The molecule has 0 heterocycles. The van der Waals surface area contributed by atoms with Crippen LogP contribution in [-0.2, 0) is 17.6 Å². The molecule has 0 atom stereocenters. The number of aryl methyl sites for hydroxylation is 2. The molecular weight excluding hydrogens is 254 g/mol. The molecular formula is C16H25NOS. The van der Waals surface area contributed by atoms with Crippen LogP contribution in [0.5, 0.6) is 0 Å². The second kappa shape index (κ2) is 8.62. The Hall–Kier alpha value is -0.510. The molecule has 0 aromatic heterocycles. The van der Waals surface area contributed by atoms with Crippen LogP contribution in [-0.4, -0.2) is 32.1 Å². The quantitative estimate of drug-likeness (QED) is 0.554. The van der Waals surface area contributed by atoms with E-state index in [1.54, 1.807) is 11.1 Å². The molecule has 0 saturated carbocycles. The molecule has 0 aliphatic heterocycles. The molecule has 0 saturated heterocycles. The zero-order valence-corrected chi connectivity index (χ0v) is 12.7. The van der Waals surface area contributed by atoms with E-state index in [0.717, 1.165) is 38.5 Å². The highest BCUT2D eigenvalue weighted by Gasteiger charge is 2.10. The average molecular weight is 279 g/mol. The van der Waals surface area contributed by atoms with E-state index in [9.17, 15) is 0 Å². The Morgan fingerprint density at radius 1 is 1.21 bits per heavy atom. The van der Waals surface area contributed by atoms with Gasteiger partial charge in [0, 0.05) is 30.4 Å². The number of fused-ring (bicyclic) bond motifs is 1. The Kier molecular flexibility index (Phi) is 6.75. The standard InChI is InChI=1S/C16H25NOS/c1-2-18-11-4-9-17-10-12-19-16-8-7-14-5-3-6-15(14)13-16/h7-8,13,17H,2-6,9-12H2,1H3. The number of nitrogens with one attached hydrogen (secondary N) is 1. The molecule has 1 aromatic rings. The van der Waals surface area contributed by atoms with E-state index in [0.29, 0.717) is 0 Å². The maximum Gasteiger partial charge on any atom is 0.0477 e. The van der Waals surface area contributed by atoms with Gasteiger partial charge in [0.15, 0.2) is 0 Å². The summed E-state index contributed by atoms with van der Waals surface area (Å²) in [6.07, 6.45) is 5.00. The predicted octanol–water partition coefficient (Wildman–Crippen LogP) is 3.28. The molecule has 0 amide bonds. The summed E-state index contributed by atoms with van der Waals surface area (Å²) in [7, 11) is 0. The lowest BCUT2D eigenvalue weighted by molar-refractivity contribution is 0.145. The lowest BCUT2D eigenvalue weighted by Crippen LogP contribution is -2.19. The number of hydrogen-bond donors (Lipinski definition) is 1. The van der Waals surface area contributed by atoms with Crippen molar-refractivity contribution >= 4 is 11.8 Å². The van der Waals surface area contributed by atoms with Gasteiger partial charge in [0.1, 0.15) is 0 Å². The second-order valence-corrected chi connectivity index (χ2v) is 6.10. The summed E-state index contributed by atoms with van der Waals surface area (Å²) in [4.78, 5) is 1.43. The summed E-state index contributed by atoms with van der Waals surface area (Å²) in [5, 5.41) is 3.47. The second-order valence-electron chi connectivity index (χ2n) is 4.93. The third-order valence-corrected chi connectivity index (χ3v) is 4.46. The lowest BCUT2D eigenvalue weighted by Gasteiger charge is -2.06. The highest BCUT2D eigenvalue weighted by Crippen LogP contribution is 2.27. The first-order valence-electron chi connectivity index (χ1n) is 7.43. The Labute approximate surface area is 121 Å². The maximum absolute atomic E-state index is 5.31. The van der Waals surface area contributed by atoms with E-state index < -0.39 is 0 Å². The van der Waals surface area contributed by atoms with Crippen molar-refractivity contribution in [3.05, 3.63) is 29.3 Å². The molecule has 1 N–H and O–H groups in total. The molecule has 0 spiro atoms. The van der Waals surface area contributed by atoms with Crippen molar-refractivity contribution in [2.45, 2.75) is 37.5 Å². The number of ether oxygens (including phenoxy) is 1. The van der Waals surface area contributed by atoms with Gasteiger partial charge < -0.3 is 10.1 Å². The average Bonchev–Trinajstić information content (AvgIpc) is 2.89. The number of hydrogen-bond acceptors (Lipinski definition) is 3. The van der Waals surface area contributed by atoms with Crippen LogP contribution in [0.1, 0.15) is 30.9 Å². The van der Waals surface area contributed by atoms with E-state index in [-0.39, 0.29) is 0 Å². The first-order chi connectivity index (χ1) is 9.40. The summed E-state index contributed by atoms with van der Waals surface area (Å²) in [5.41, 5.74) is 3.15. The minimum absolute atomic E-state index is 0.828. The molecule has 0 unspecified atom stereocenters. The first kappa shape index (κ1) is 14.9. The van der Waals surface area contributed by atoms with E-state index >= 15 is 0 Å². The predicted molar refractivity (Wildman–Crippen MR) is 83.2 cm³/mol. The zero-order chi connectivity index (χ0) is 13.3. The van der Waals surface area contributed by atoms with Gasteiger partial charge in [-0.05, 0) is 62.4 Å². The Morgan fingerprint density at radius 3 is 3.00 bits per heavy atom. The van der Waals surface area contributed by atoms with Crippen LogP contribution in [0.2, 0.25) is 0 Å². The number of rotatable bonds is 9. The summed E-state index contributed by atoms with van der Waals surface area (Å²) in [6.45, 7) is 5.88. The van der Waals surface area contributed by atoms with Gasteiger partial charge >= 0.3 is 0 Å². The summed E-state index contributed by atoms with van der Waals surface area (Å²) < 4.78 is 5.31. The molecule has 106 valence electrons. The summed E-state index contributed by atoms with van der Waals surface area (Å²) in [5.74, 6) is 1.15. The van der Waals surface area contributed by atoms with Crippen molar-refractivity contribution in [3.63, 3.8) is 0 Å². The third kappa shape index (κ3) is 5.17. The van der Waals surface area contributed by atoms with Gasteiger partial charge in [-0.15, -0.1) is 11.8 Å². The minimum Gasteiger partial charge on any atom is -0.382 e. The molecule has 0 fully saturated rings. The molecule has 2 rings (SSSR count). The first-order valence-corrected chi connectivity index (χ1v) is 8.42.